The van der Waals surface area contributed by atoms with Crippen LogP contribution in [0, 0.1) is 5.82 Å². The topological polar surface area (TPSA) is 55.4 Å². The first-order valence-corrected chi connectivity index (χ1v) is 8.18. The van der Waals surface area contributed by atoms with Gasteiger partial charge in [0.1, 0.15) is 11.6 Å². The lowest BCUT2D eigenvalue weighted by atomic mass is 10.0. The molecule has 0 aliphatic rings. The molecule has 0 unspecified atom stereocenters. The summed E-state index contributed by atoms with van der Waals surface area (Å²) in [4.78, 5) is 0. The van der Waals surface area contributed by atoms with Crippen molar-refractivity contribution in [3.63, 3.8) is 0 Å². The number of benzene rings is 2. The quantitative estimate of drug-likeness (QED) is 0.933. The minimum Gasteiger partial charge on any atom is -0.496 e. The van der Waals surface area contributed by atoms with E-state index in [1.165, 1.54) is 25.3 Å². The van der Waals surface area contributed by atoms with Crippen molar-refractivity contribution in [3.05, 3.63) is 47.2 Å². The Balaban J connectivity index is 2.47. The minimum atomic E-state index is -3.37. The number of hydrogen-bond donors (Lipinski definition) is 1. The second-order valence-corrected chi connectivity index (χ2v) is 6.57. The molecule has 0 saturated heterocycles. The van der Waals surface area contributed by atoms with E-state index in [1.807, 2.05) is 0 Å². The maximum absolute atomic E-state index is 13.5. The number of nitrogens with one attached hydrogen (secondary N) is 1. The molecule has 0 aliphatic heterocycles. The van der Waals surface area contributed by atoms with Crippen molar-refractivity contribution >= 4 is 27.3 Å². The zero-order valence-corrected chi connectivity index (χ0v) is 12.9. The monoisotopic (exact) mass is 329 g/mol. The molecule has 4 nitrogen and oxygen atoms in total. The van der Waals surface area contributed by atoms with E-state index in [-0.39, 0.29) is 5.02 Å². The molecule has 0 heterocycles. The highest BCUT2D eigenvalue weighted by molar-refractivity contribution is 7.92. The molecule has 0 aromatic heterocycles. The van der Waals surface area contributed by atoms with Crippen molar-refractivity contribution in [3.8, 4) is 16.9 Å². The Morgan fingerprint density at radius 2 is 1.90 bits per heavy atom. The molecule has 2 aromatic carbocycles. The van der Waals surface area contributed by atoms with Crippen LogP contribution in [0.15, 0.2) is 36.4 Å². The summed E-state index contributed by atoms with van der Waals surface area (Å²) in [5.74, 6) is -0.111. The summed E-state index contributed by atoms with van der Waals surface area (Å²) in [5, 5.41) is 0.0353. The fraction of sp³-hybridized carbons (Fsp3) is 0.143. The van der Waals surface area contributed by atoms with Gasteiger partial charge < -0.3 is 4.74 Å². The summed E-state index contributed by atoms with van der Waals surface area (Å²) in [5.41, 5.74) is 1.58. The molecule has 0 saturated carbocycles. The average molecular weight is 330 g/mol. The van der Waals surface area contributed by atoms with E-state index >= 15 is 0 Å². The molecule has 7 heteroatoms. The summed E-state index contributed by atoms with van der Waals surface area (Å²) < 4.78 is 43.6. The third-order valence-electron chi connectivity index (χ3n) is 2.74. The van der Waals surface area contributed by atoms with Crippen LogP contribution in [0.4, 0.5) is 10.1 Å². The maximum Gasteiger partial charge on any atom is 0.229 e. The lowest BCUT2D eigenvalue weighted by Crippen LogP contribution is -2.09. The number of ether oxygens (including phenoxy) is 1. The fourth-order valence-electron chi connectivity index (χ4n) is 1.87. The van der Waals surface area contributed by atoms with E-state index in [4.69, 9.17) is 16.3 Å². The van der Waals surface area contributed by atoms with Gasteiger partial charge in [-0.05, 0) is 29.8 Å². The van der Waals surface area contributed by atoms with Crippen LogP contribution in [0.1, 0.15) is 0 Å². The molecule has 2 rings (SSSR count). The fourth-order valence-corrected chi connectivity index (χ4v) is 2.54. The SMILES string of the molecule is COc1cc(NS(C)(=O)=O)ccc1-c1ccc(Cl)c(F)c1. The van der Waals surface area contributed by atoms with Crippen LogP contribution >= 0.6 is 11.6 Å². The van der Waals surface area contributed by atoms with Crippen molar-refractivity contribution in [1.29, 1.82) is 0 Å². The van der Waals surface area contributed by atoms with Crippen molar-refractivity contribution in [2.45, 2.75) is 0 Å². The number of halogens is 2. The minimum absolute atomic E-state index is 0.0353. The van der Waals surface area contributed by atoms with Gasteiger partial charge in [-0.15, -0.1) is 0 Å². The Hall–Kier alpha value is -1.79. The number of hydrogen-bond acceptors (Lipinski definition) is 3. The maximum atomic E-state index is 13.5. The van der Waals surface area contributed by atoms with Gasteiger partial charge >= 0.3 is 0 Å². The van der Waals surface area contributed by atoms with Gasteiger partial charge in [0.05, 0.1) is 24.1 Å². The first-order valence-electron chi connectivity index (χ1n) is 5.91. The lowest BCUT2D eigenvalue weighted by molar-refractivity contribution is 0.416. The Morgan fingerprint density at radius 3 is 2.48 bits per heavy atom. The molecule has 2 aromatic rings. The van der Waals surface area contributed by atoms with Gasteiger partial charge in [0, 0.05) is 11.6 Å². The van der Waals surface area contributed by atoms with E-state index in [9.17, 15) is 12.8 Å². The van der Waals surface area contributed by atoms with Crippen LogP contribution < -0.4 is 9.46 Å². The molecule has 0 amide bonds. The largest absolute Gasteiger partial charge is 0.496 e. The van der Waals surface area contributed by atoms with Crippen molar-refractivity contribution in [1.82, 2.24) is 0 Å². The van der Waals surface area contributed by atoms with Crippen LogP contribution in [0.25, 0.3) is 11.1 Å². The number of sulfonamides is 1. The molecule has 0 bridgehead atoms. The zero-order chi connectivity index (χ0) is 15.6. The standard InChI is InChI=1S/C14H13ClFNO3S/c1-20-14-8-10(17-21(2,18)19)4-5-11(14)9-3-6-12(15)13(16)7-9/h3-8,17H,1-2H3. The number of anilines is 1. The third kappa shape index (κ3) is 3.86. The molecule has 0 spiro atoms. The highest BCUT2D eigenvalue weighted by Crippen LogP contribution is 2.34. The number of methoxy groups -OCH3 is 1. The molecule has 0 fully saturated rings. The molecule has 0 atom stereocenters. The van der Waals surface area contributed by atoms with E-state index in [0.717, 1.165) is 6.26 Å². The first kappa shape index (κ1) is 15.6. The lowest BCUT2D eigenvalue weighted by Gasteiger charge is -2.12. The molecular formula is C14H13ClFNO3S. The molecule has 0 aliphatic carbocycles. The first-order chi connectivity index (χ1) is 9.80. The average Bonchev–Trinajstić information content (AvgIpc) is 2.40. The number of rotatable bonds is 4. The molecule has 1 N–H and O–H groups in total. The summed E-state index contributed by atoms with van der Waals surface area (Å²) in [6.07, 6.45) is 1.06. The highest BCUT2D eigenvalue weighted by atomic mass is 35.5. The second kappa shape index (κ2) is 5.91. The van der Waals surface area contributed by atoms with Gasteiger partial charge in [-0.25, -0.2) is 12.8 Å². The Morgan fingerprint density at radius 1 is 1.19 bits per heavy atom. The van der Waals surface area contributed by atoms with Gasteiger partial charge in [-0.2, -0.15) is 0 Å². The van der Waals surface area contributed by atoms with Crippen LogP contribution in [-0.4, -0.2) is 21.8 Å². The highest BCUT2D eigenvalue weighted by Gasteiger charge is 2.11. The van der Waals surface area contributed by atoms with Gasteiger partial charge in [0.25, 0.3) is 0 Å². The Labute approximate surface area is 127 Å². The molecule has 0 radical (unpaired) electrons. The molecule has 112 valence electrons. The van der Waals surface area contributed by atoms with Crippen molar-refractivity contribution < 1.29 is 17.5 Å². The van der Waals surface area contributed by atoms with Gasteiger partial charge in [0.15, 0.2) is 0 Å². The summed E-state index contributed by atoms with van der Waals surface area (Å²) in [6, 6.07) is 9.16. The van der Waals surface area contributed by atoms with Gasteiger partial charge in [-0.1, -0.05) is 17.7 Å². The molecular weight excluding hydrogens is 317 g/mol. The zero-order valence-electron chi connectivity index (χ0n) is 11.4. The smallest absolute Gasteiger partial charge is 0.229 e. The van der Waals surface area contributed by atoms with E-state index < -0.39 is 15.8 Å². The van der Waals surface area contributed by atoms with E-state index in [2.05, 4.69) is 4.72 Å². The predicted molar refractivity (Wildman–Crippen MR) is 81.9 cm³/mol. The van der Waals surface area contributed by atoms with Crippen LogP contribution in [-0.2, 0) is 10.0 Å². The Kier molecular flexibility index (Phi) is 4.39. The van der Waals surface area contributed by atoms with E-state index in [1.54, 1.807) is 18.2 Å². The third-order valence-corrected chi connectivity index (χ3v) is 3.65. The summed E-state index contributed by atoms with van der Waals surface area (Å²) >= 11 is 5.66. The van der Waals surface area contributed by atoms with Gasteiger partial charge in [-0.3, -0.25) is 4.72 Å². The van der Waals surface area contributed by atoms with Crippen LogP contribution in [0.3, 0.4) is 0 Å². The summed E-state index contributed by atoms with van der Waals surface area (Å²) in [6.45, 7) is 0. The van der Waals surface area contributed by atoms with Crippen molar-refractivity contribution in [2.24, 2.45) is 0 Å². The predicted octanol–water partition coefficient (Wildman–Crippen LogP) is 3.53. The van der Waals surface area contributed by atoms with Crippen molar-refractivity contribution in [2.75, 3.05) is 18.1 Å². The second-order valence-electron chi connectivity index (χ2n) is 4.42. The van der Waals surface area contributed by atoms with E-state index in [0.29, 0.717) is 22.6 Å². The normalized spacial score (nSPS) is 11.2. The van der Waals surface area contributed by atoms with Crippen LogP contribution in [0.2, 0.25) is 5.02 Å². The van der Waals surface area contributed by atoms with Gasteiger partial charge in [0.2, 0.25) is 10.0 Å². The summed E-state index contributed by atoms with van der Waals surface area (Å²) in [7, 11) is -1.92. The van der Waals surface area contributed by atoms with Crippen LogP contribution in [0.5, 0.6) is 5.75 Å². The Bertz CT molecular complexity index is 778. The molecule has 21 heavy (non-hydrogen) atoms.